The van der Waals surface area contributed by atoms with Gasteiger partial charge in [-0.3, -0.25) is 25.2 Å². The first kappa shape index (κ1) is 21.0. The van der Waals surface area contributed by atoms with Crippen LogP contribution in [-0.4, -0.2) is 23.6 Å². The standard InChI is InChI=1S/C24H23N3O3/c28-22(19-12-6-2-7-13-19)16-21(25-17-18-10-4-1-5-11-18)24(30)27-26-23(29)20-14-8-3-9-15-20/h1-15,21,25H,16-17H2,(H,26,29)(H,27,30). The van der Waals surface area contributed by atoms with E-state index in [2.05, 4.69) is 16.2 Å². The molecule has 0 saturated heterocycles. The van der Waals surface area contributed by atoms with Gasteiger partial charge < -0.3 is 5.32 Å². The molecule has 0 saturated carbocycles. The third-order valence-electron chi connectivity index (χ3n) is 4.53. The fourth-order valence-electron chi connectivity index (χ4n) is 2.89. The lowest BCUT2D eigenvalue weighted by Crippen LogP contribution is -2.51. The first-order valence-electron chi connectivity index (χ1n) is 9.64. The molecule has 0 aliphatic rings. The minimum absolute atomic E-state index is 0.0378. The summed E-state index contributed by atoms with van der Waals surface area (Å²) in [7, 11) is 0. The van der Waals surface area contributed by atoms with Crippen LogP contribution >= 0.6 is 0 Å². The van der Waals surface area contributed by atoms with Gasteiger partial charge in [0.1, 0.15) is 0 Å². The van der Waals surface area contributed by atoms with Crippen LogP contribution < -0.4 is 16.2 Å². The average Bonchev–Trinajstić information content (AvgIpc) is 2.81. The highest BCUT2D eigenvalue weighted by molar-refractivity contribution is 6.00. The van der Waals surface area contributed by atoms with Gasteiger partial charge in [-0.05, 0) is 17.7 Å². The van der Waals surface area contributed by atoms with Gasteiger partial charge in [0.2, 0.25) is 0 Å². The first-order chi connectivity index (χ1) is 14.6. The summed E-state index contributed by atoms with van der Waals surface area (Å²) in [5, 5.41) is 3.12. The summed E-state index contributed by atoms with van der Waals surface area (Å²) in [6, 6.07) is 26.1. The van der Waals surface area contributed by atoms with Crippen molar-refractivity contribution in [1.82, 2.24) is 16.2 Å². The number of nitrogens with one attached hydrogen (secondary N) is 3. The molecular formula is C24H23N3O3. The first-order valence-corrected chi connectivity index (χ1v) is 9.64. The van der Waals surface area contributed by atoms with Crippen molar-refractivity contribution in [3.8, 4) is 0 Å². The second-order valence-corrected chi connectivity index (χ2v) is 6.72. The van der Waals surface area contributed by atoms with Gasteiger partial charge in [-0.15, -0.1) is 0 Å². The van der Waals surface area contributed by atoms with E-state index in [4.69, 9.17) is 0 Å². The van der Waals surface area contributed by atoms with Crippen molar-refractivity contribution in [2.45, 2.75) is 19.0 Å². The Bertz CT molecular complexity index is 976. The number of Topliss-reactive ketones (excluding diaryl/α,β-unsaturated/α-hetero) is 1. The third-order valence-corrected chi connectivity index (χ3v) is 4.53. The molecule has 6 nitrogen and oxygen atoms in total. The van der Waals surface area contributed by atoms with Gasteiger partial charge in [-0.25, -0.2) is 0 Å². The van der Waals surface area contributed by atoms with Crippen LogP contribution in [0.15, 0.2) is 91.0 Å². The smallest absolute Gasteiger partial charge is 0.269 e. The Balaban J connectivity index is 1.65. The molecule has 0 aliphatic carbocycles. The monoisotopic (exact) mass is 401 g/mol. The molecule has 30 heavy (non-hydrogen) atoms. The van der Waals surface area contributed by atoms with Gasteiger partial charge in [0.15, 0.2) is 5.78 Å². The van der Waals surface area contributed by atoms with Crippen LogP contribution in [0.2, 0.25) is 0 Å². The maximum Gasteiger partial charge on any atom is 0.269 e. The molecule has 0 fully saturated rings. The van der Waals surface area contributed by atoms with Crippen LogP contribution in [0.1, 0.15) is 32.7 Å². The van der Waals surface area contributed by atoms with Crippen molar-refractivity contribution in [1.29, 1.82) is 0 Å². The minimum atomic E-state index is -0.811. The van der Waals surface area contributed by atoms with E-state index in [0.29, 0.717) is 17.7 Å². The van der Waals surface area contributed by atoms with Gasteiger partial charge in [-0.1, -0.05) is 78.9 Å². The molecule has 1 atom stereocenters. The van der Waals surface area contributed by atoms with Crippen LogP contribution in [0.4, 0.5) is 0 Å². The summed E-state index contributed by atoms with van der Waals surface area (Å²) in [5.74, 6) is -1.08. The molecule has 0 spiro atoms. The molecule has 3 aromatic rings. The highest BCUT2D eigenvalue weighted by Gasteiger charge is 2.23. The minimum Gasteiger partial charge on any atom is -0.301 e. The lowest BCUT2D eigenvalue weighted by molar-refractivity contribution is -0.124. The van der Waals surface area contributed by atoms with Gasteiger partial charge in [-0.2, -0.15) is 0 Å². The van der Waals surface area contributed by atoms with Crippen molar-refractivity contribution >= 4 is 17.6 Å². The van der Waals surface area contributed by atoms with E-state index in [0.717, 1.165) is 5.56 Å². The molecule has 3 N–H and O–H groups in total. The number of amides is 2. The molecule has 0 bridgehead atoms. The van der Waals surface area contributed by atoms with Gasteiger partial charge >= 0.3 is 0 Å². The normalized spacial score (nSPS) is 11.3. The summed E-state index contributed by atoms with van der Waals surface area (Å²) in [6.45, 7) is 0.410. The van der Waals surface area contributed by atoms with Crippen molar-refractivity contribution in [3.05, 3.63) is 108 Å². The molecule has 3 rings (SSSR count). The van der Waals surface area contributed by atoms with Crippen LogP contribution in [0, 0.1) is 0 Å². The number of benzene rings is 3. The number of hydrogen-bond acceptors (Lipinski definition) is 4. The molecule has 3 aromatic carbocycles. The molecule has 0 heterocycles. The van der Waals surface area contributed by atoms with Gasteiger partial charge in [0, 0.05) is 24.1 Å². The Labute approximate surface area is 175 Å². The highest BCUT2D eigenvalue weighted by Crippen LogP contribution is 2.07. The lowest BCUT2D eigenvalue weighted by atomic mass is 10.0. The van der Waals surface area contributed by atoms with Crippen LogP contribution in [0.3, 0.4) is 0 Å². The summed E-state index contributed by atoms with van der Waals surface area (Å²) >= 11 is 0. The number of ketones is 1. The fraction of sp³-hybridized carbons (Fsp3) is 0.125. The molecule has 0 aromatic heterocycles. The lowest BCUT2D eigenvalue weighted by Gasteiger charge is -2.18. The Kier molecular flexibility index (Phi) is 7.46. The number of hydrogen-bond donors (Lipinski definition) is 3. The summed E-state index contributed by atoms with van der Waals surface area (Å²) < 4.78 is 0. The zero-order chi connectivity index (χ0) is 21.2. The number of carbonyl (C=O) groups excluding carboxylic acids is 3. The van der Waals surface area contributed by atoms with Crippen LogP contribution in [0.5, 0.6) is 0 Å². The summed E-state index contributed by atoms with van der Waals surface area (Å²) in [5.41, 5.74) is 6.76. The van der Waals surface area contributed by atoms with Gasteiger partial charge in [0.05, 0.1) is 6.04 Å². The predicted molar refractivity (Wildman–Crippen MR) is 115 cm³/mol. The SMILES string of the molecule is O=C(CC(NCc1ccccc1)C(=O)NNC(=O)c1ccccc1)c1ccccc1. The molecular weight excluding hydrogens is 378 g/mol. The molecule has 1 unspecified atom stereocenters. The van der Waals surface area contributed by atoms with E-state index in [1.807, 2.05) is 36.4 Å². The second kappa shape index (κ2) is 10.7. The Hall–Kier alpha value is -3.77. The number of rotatable bonds is 8. The van der Waals surface area contributed by atoms with E-state index >= 15 is 0 Å². The average molecular weight is 401 g/mol. The maximum atomic E-state index is 12.7. The van der Waals surface area contributed by atoms with E-state index < -0.39 is 17.9 Å². The Morgan fingerprint density at radius 3 is 1.80 bits per heavy atom. The van der Waals surface area contributed by atoms with Crippen LogP contribution in [-0.2, 0) is 11.3 Å². The number of hydrazine groups is 1. The summed E-state index contributed by atoms with van der Waals surface area (Å²) in [6.07, 6.45) is -0.0378. The molecule has 0 radical (unpaired) electrons. The van der Waals surface area contributed by atoms with Crippen molar-refractivity contribution in [2.75, 3.05) is 0 Å². The highest BCUT2D eigenvalue weighted by atomic mass is 16.2. The van der Waals surface area contributed by atoms with E-state index in [-0.39, 0.29) is 12.2 Å². The van der Waals surface area contributed by atoms with Crippen molar-refractivity contribution in [3.63, 3.8) is 0 Å². The number of carbonyl (C=O) groups is 3. The second-order valence-electron chi connectivity index (χ2n) is 6.72. The predicted octanol–water partition coefficient (Wildman–Crippen LogP) is 2.88. The third kappa shape index (κ3) is 6.12. The Morgan fingerprint density at radius 1 is 0.667 bits per heavy atom. The zero-order valence-electron chi connectivity index (χ0n) is 16.4. The van der Waals surface area contributed by atoms with E-state index in [1.165, 1.54) is 0 Å². The van der Waals surface area contributed by atoms with Crippen molar-refractivity contribution in [2.24, 2.45) is 0 Å². The molecule has 0 aliphatic heterocycles. The molecule has 6 heteroatoms. The fourth-order valence-corrected chi connectivity index (χ4v) is 2.89. The summed E-state index contributed by atoms with van der Waals surface area (Å²) in [4.78, 5) is 37.5. The van der Waals surface area contributed by atoms with Gasteiger partial charge in [0.25, 0.3) is 11.8 Å². The van der Waals surface area contributed by atoms with Crippen molar-refractivity contribution < 1.29 is 14.4 Å². The van der Waals surface area contributed by atoms with E-state index in [1.54, 1.807) is 54.6 Å². The van der Waals surface area contributed by atoms with E-state index in [9.17, 15) is 14.4 Å². The molecule has 152 valence electrons. The quantitative estimate of drug-likeness (QED) is 0.400. The largest absolute Gasteiger partial charge is 0.301 e. The topological polar surface area (TPSA) is 87.3 Å². The zero-order valence-corrected chi connectivity index (χ0v) is 16.4. The van der Waals surface area contributed by atoms with Crippen LogP contribution in [0.25, 0.3) is 0 Å². The maximum absolute atomic E-state index is 12.7. The Morgan fingerprint density at radius 2 is 1.20 bits per heavy atom. The molecule has 2 amide bonds.